The number of fused-ring (bicyclic) bond motifs is 1. The molecule has 7 nitrogen and oxygen atoms in total. The van der Waals surface area contributed by atoms with Crippen LogP contribution in [-0.4, -0.2) is 24.7 Å². The molecule has 1 atom stereocenters. The minimum atomic E-state index is -0.515. The zero-order valence-electron chi connectivity index (χ0n) is 18.7. The van der Waals surface area contributed by atoms with Gasteiger partial charge in [-0.05, 0) is 38.1 Å². The second kappa shape index (κ2) is 8.42. The molecule has 0 fully saturated rings. The van der Waals surface area contributed by atoms with Crippen molar-refractivity contribution in [1.82, 2.24) is 18.9 Å². The fourth-order valence-corrected chi connectivity index (χ4v) is 4.16. The van der Waals surface area contributed by atoms with E-state index in [-0.39, 0.29) is 28.9 Å². The zero-order valence-corrected chi connectivity index (χ0v) is 18.7. The van der Waals surface area contributed by atoms with Crippen molar-refractivity contribution in [3.63, 3.8) is 0 Å². The van der Waals surface area contributed by atoms with Crippen molar-refractivity contribution in [2.75, 3.05) is 0 Å². The fraction of sp³-hybridized carbons (Fsp3) is 0.280. The third-order valence-electron chi connectivity index (χ3n) is 5.99. The summed E-state index contributed by atoms with van der Waals surface area (Å²) >= 11 is 0. The summed E-state index contributed by atoms with van der Waals surface area (Å²) in [7, 11) is 1.77. The normalized spacial score (nSPS) is 12.2. The highest BCUT2D eigenvalue weighted by Gasteiger charge is 2.27. The second-order valence-corrected chi connectivity index (χ2v) is 8.00. The van der Waals surface area contributed by atoms with Gasteiger partial charge in [-0.25, -0.2) is 9.67 Å². The van der Waals surface area contributed by atoms with Gasteiger partial charge in [-0.15, -0.1) is 0 Å². The fourth-order valence-electron chi connectivity index (χ4n) is 4.16. The number of hydrogen-bond donors (Lipinski definition) is 0. The molecular formula is C25H26N4O3. The Bertz CT molecular complexity index is 1430. The van der Waals surface area contributed by atoms with E-state index in [4.69, 9.17) is 0 Å². The lowest BCUT2D eigenvalue weighted by Crippen LogP contribution is -2.29. The molecule has 2 aromatic carbocycles. The van der Waals surface area contributed by atoms with Crippen molar-refractivity contribution in [3.8, 4) is 5.69 Å². The zero-order chi connectivity index (χ0) is 23.0. The Morgan fingerprint density at radius 3 is 2.34 bits per heavy atom. The summed E-state index contributed by atoms with van der Waals surface area (Å²) in [5, 5.41) is 0.557. The Labute approximate surface area is 185 Å². The number of hydrogen-bond acceptors (Lipinski definition) is 4. The predicted octanol–water partition coefficient (Wildman–Crippen LogP) is 3.28. The van der Waals surface area contributed by atoms with Crippen LogP contribution in [0.3, 0.4) is 0 Å². The highest BCUT2D eigenvalue weighted by atomic mass is 16.2. The highest BCUT2D eigenvalue weighted by molar-refractivity contribution is 5.98. The summed E-state index contributed by atoms with van der Waals surface area (Å²) in [6.07, 6.45) is 0.270. The number of nitrogens with zero attached hydrogens (tertiary/aromatic N) is 4. The molecule has 7 heteroatoms. The number of para-hydroxylation sites is 2. The summed E-state index contributed by atoms with van der Waals surface area (Å²) < 4.78 is 4.81. The molecule has 1 unspecified atom stereocenters. The first-order valence-corrected chi connectivity index (χ1v) is 10.7. The molecule has 0 aliphatic heterocycles. The molecule has 4 aromatic rings. The maximum Gasteiger partial charge on any atom is 0.282 e. The first-order valence-electron chi connectivity index (χ1n) is 10.7. The van der Waals surface area contributed by atoms with E-state index < -0.39 is 5.92 Å². The minimum absolute atomic E-state index is 0.116. The van der Waals surface area contributed by atoms with Gasteiger partial charge in [0.25, 0.3) is 11.1 Å². The molecule has 2 aromatic heterocycles. The lowest BCUT2D eigenvalue weighted by molar-refractivity contribution is 0.0925. The van der Waals surface area contributed by atoms with Crippen LogP contribution in [0.15, 0.2) is 64.2 Å². The van der Waals surface area contributed by atoms with E-state index >= 15 is 0 Å². The Kier molecular flexibility index (Phi) is 5.65. The number of benzene rings is 2. The molecule has 4 rings (SSSR count). The van der Waals surface area contributed by atoms with Crippen molar-refractivity contribution < 1.29 is 4.79 Å². The first kappa shape index (κ1) is 21.5. The van der Waals surface area contributed by atoms with Crippen molar-refractivity contribution >= 4 is 16.7 Å². The number of aromatic nitrogens is 4. The van der Waals surface area contributed by atoms with E-state index in [9.17, 15) is 14.4 Å². The van der Waals surface area contributed by atoms with Gasteiger partial charge in [-0.1, -0.05) is 37.3 Å². The standard InChI is InChI=1S/C25H26N4O3/c1-5-28-21(26-20-14-10-9-13-19(20)24(28)31)15-16(2)23(30)22-17(3)27(4)29(25(22)32)18-11-7-6-8-12-18/h6-14,16H,5,15H2,1-4H3. The van der Waals surface area contributed by atoms with Crippen LogP contribution in [-0.2, 0) is 20.0 Å². The van der Waals surface area contributed by atoms with Gasteiger partial charge >= 0.3 is 0 Å². The van der Waals surface area contributed by atoms with Crippen LogP contribution in [0.4, 0.5) is 0 Å². The molecule has 2 heterocycles. The third kappa shape index (κ3) is 3.49. The smallest absolute Gasteiger partial charge is 0.282 e. The number of rotatable bonds is 6. The minimum Gasteiger partial charge on any atom is -0.296 e. The van der Waals surface area contributed by atoms with Crippen molar-refractivity contribution in [2.24, 2.45) is 13.0 Å². The Morgan fingerprint density at radius 2 is 1.66 bits per heavy atom. The number of ketones is 1. The largest absolute Gasteiger partial charge is 0.296 e. The molecular weight excluding hydrogens is 404 g/mol. The van der Waals surface area contributed by atoms with Crippen LogP contribution in [0.1, 0.15) is 35.7 Å². The maximum absolute atomic E-state index is 13.4. The predicted molar refractivity (Wildman–Crippen MR) is 125 cm³/mol. The van der Waals surface area contributed by atoms with E-state index in [0.29, 0.717) is 34.7 Å². The topological polar surface area (TPSA) is 78.9 Å². The Morgan fingerprint density at radius 1 is 1.00 bits per heavy atom. The van der Waals surface area contributed by atoms with Crippen molar-refractivity contribution in [1.29, 1.82) is 0 Å². The number of carbonyl (C=O) groups is 1. The molecule has 32 heavy (non-hydrogen) atoms. The molecule has 164 valence electrons. The summed E-state index contributed by atoms with van der Waals surface area (Å²) in [6, 6.07) is 16.4. The molecule has 0 spiro atoms. The Balaban J connectivity index is 1.74. The number of Topliss-reactive ketones (excluding diaryl/α,β-unsaturated/α-hetero) is 1. The Hall–Kier alpha value is -3.74. The lowest BCUT2D eigenvalue weighted by Gasteiger charge is -2.15. The quantitative estimate of drug-likeness (QED) is 0.440. The monoisotopic (exact) mass is 430 g/mol. The van der Waals surface area contributed by atoms with Gasteiger partial charge in [0.1, 0.15) is 11.4 Å². The average Bonchev–Trinajstić information content (AvgIpc) is 3.02. The van der Waals surface area contributed by atoms with Crippen molar-refractivity contribution in [2.45, 2.75) is 33.7 Å². The van der Waals surface area contributed by atoms with E-state index in [1.807, 2.05) is 49.4 Å². The molecule has 0 radical (unpaired) electrons. The molecule has 0 amide bonds. The van der Waals surface area contributed by atoms with Crippen LogP contribution in [0.2, 0.25) is 0 Å². The maximum atomic E-state index is 13.4. The van der Waals surface area contributed by atoms with E-state index in [0.717, 1.165) is 0 Å². The summed E-state index contributed by atoms with van der Waals surface area (Å²) in [6.45, 7) is 5.89. The van der Waals surface area contributed by atoms with Crippen LogP contribution in [0, 0.1) is 12.8 Å². The molecule has 0 aliphatic rings. The first-order chi connectivity index (χ1) is 15.3. The van der Waals surface area contributed by atoms with Crippen LogP contribution >= 0.6 is 0 Å². The lowest BCUT2D eigenvalue weighted by atomic mass is 9.96. The van der Waals surface area contributed by atoms with Gasteiger partial charge in [0, 0.05) is 31.6 Å². The molecule has 0 aliphatic carbocycles. The van der Waals surface area contributed by atoms with Crippen molar-refractivity contribution in [3.05, 3.63) is 92.4 Å². The average molecular weight is 431 g/mol. The van der Waals surface area contributed by atoms with E-state index in [2.05, 4.69) is 4.98 Å². The van der Waals surface area contributed by atoms with Crippen LogP contribution in [0.5, 0.6) is 0 Å². The molecule has 0 N–H and O–H groups in total. The molecule has 0 bridgehead atoms. The summed E-state index contributed by atoms with van der Waals surface area (Å²) in [5.74, 6) is -0.212. The summed E-state index contributed by atoms with van der Waals surface area (Å²) in [4.78, 5) is 44.2. The van der Waals surface area contributed by atoms with E-state index in [1.54, 1.807) is 42.3 Å². The van der Waals surface area contributed by atoms with Gasteiger partial charge in [0.15, 0.2) is 5.78 Å². The van der Waals surface area contributed by atoms with E-state index in [1.165, 1.54) is 4.68 Å². The molecule has 0 saturated heterocycles. The van der Waals surface area contributed by atoms with Crippen LogP contribution in [0.25, 0.3) is 16.6 Å². The number of carbonyl (C=O) groups excluding carboxylic acids is 1. The summed E-state index contributed by atoms with van der Waals surface area (Å²) in [5.41, 5.74) is 1.64. The van der Waals surface area contributed by atoms with Gasteiger partial charge < -0.3 is 0 Å². The van der Waals surface area contributed by atoms with Gasteiger partial charge in [0.2, 0.25) is 0 Å². The third-order valence-corrected chi connectivity index (χ3v) is 5.99. The van der Waals surface area contributed by atoms with Gasteiger partial charge in [0.05, 0.1) is 16.6 Å². The van der Waals surface area contributed by atoms with Gasteiger partial charge in [-0.2, -0.15) is 0 Å². The van der Waals surface area contributed by atoms with Gasteiger partial charge in [-0.3, -0.25) is 23.6 Å². The highest BCUT2D eigenvalue weighted by Crippen LogP contribution is 2.17. The second-order valence-electron chi connectivity index (χ2n) is 8.00. The SMILES string of the molecule is CCn1c(CC(C)C(=O)c2c(C)n(C)n(-c3ccccc3)c2=O)nc2ccccc2c1=O. The molecule has 0 saturated carbocycles. The van der Waals surface area contributed by atoms with Crippen LogP contribution < -0.4 is 11.1 Å².